The van der Waals surface area contributed by atoms with Crippen LogP contribution < -0.4 is 0 Å². The van der Waals surface area contributed by atoms with Gasteiger partial charge in [-0.1, -0.05) is 75.3 Å². The summed E-state index contributed by atoms with van der Waals surface area (Å²) < 4.78 is 0. The number of benzene rings is 3. The molecule has 8 heteroatoms. The monoisotopic (exact) mass is 650 g/mol. The Morgan fingerprint density at radius 3 is 1.51 bits per heavy atom. The van der Waals surface area contributed by atoms with Gasteiger partial charge in [-0.05, 0) is 131 Å². The lowest BCUT2D eigenvalue weighted by Gasteiger charge is -2.26. The number of aryl methyl sites for hydroxylation is 2. The van der Waals surface area contributed by atoms with Gasteiger partial charge >= 0.3 is 11.9 Å². The van der Waals surface area contributed by atoms with Crippen LogP contribution in [0.25, 0.3) is 0 Å². The van der Waals surface area contributed by atoms with E-state index in [-0.39, 0.29) is 22.0 Å². The number of carboxylic acid groups (broad SMARTS) is 2. The van der Waals surface area contributed by atoms with E-state index in [9.17, 15) is 19.8 Å². The van der Waals surface area contributed by atoms with Gasteiger partial charge in [-0.15, -0.1) is 0 Å². The van der Waals surface area contributed by atoms with Crippen LogP contribution in [-0.2, 0) is 23.7 Å². The minimum absolute atomic E-state index is 0.0833. The second-order valence-electron chi connectivity index (χ2n) is 13.8. The first-order valence-electron chi connectivity index (χ1n) is 15.0. The van der Waals surface area contributed by atoms with E-state index in [0.717, 1.165) is 35.1 Å². The molecular formula is C37H46O6S2. The first-order valence-corrected chi connectivity index (χ1v) is 17.2. The standard InChI is InChI=1S/C29H40O2S2.C8H6O4/c1-16-11-23(28(5,6)7)26(30)18(3)21(16)13-20-15-32-33-25(20)14-22-17(2)12-24(29(8,9)10)27(31)19(22)4;9-7(10)5-1-2-6(4-3-5)8(11)12/h11-12,15,25,30-31H,13-14H2,1-10H3;1-4H,(H,9,10)(H,11,12). The van der Waals surface area contributed by atoms with E-state index in [2.05, 4.69) is 86.8 Å². The molecule has 0 aliphatic carbocycles. The molecule has 0 amide bonds. The summed E-state index contributed by atoms with van der Waals surface area (Å²) in [6.45, 7) is 21.3. The van der Waals surface area contributed by atoms with Gasteiger partial charge in [0, 0.05) is 5.25 Å². The van der Waals surface area contributed by atoms with Gasteiger partial charge in [-0.3, -0.25) is 0 Å². The first-order chi connectivity index (χ1) is 20.7. The van der Waals surface area contributed by atoms with Crippen molar-refractivity contribution in [2.45, 2.75) is 98.2 Å². The molecular weight excluding hydrogens is 605 g/mol. The first kappa shape index (κ1) is 36.1. The summed E-state index contributed by atoms with van der Waals surface area (Å²) in [6.07, 6.45) is 1.76. The summed E-state index contributed by atoms with van der Waals surface area (Å²) in [5, 5.41) is 41.5. The quantitative estimate of drug-likeness (QED) is 0.195. The maximum Gasteiger partial charge on any atom is 0.335 e. The lowest BCUT2D eigenvalue weighted by Crippen LogP contribution is -2.16. The van der Waals surface area contributed by atoms with Crippen LogP contribution in [0.15, 0.2) is 47.4 Å². The van der Waals surface area contributed by atoms with E-state index >= 15 is 0 Å². The third kappa shape index (κ3) is 8.47. The second kappa shape index (κ2) is 14.0. The van der Waals surface area contributed by atoms with Gasteiger partial charge < -0.3 is 20.4 Å². The molecule has 0 radical (unpaired) electrons. The van der Waals surface area contributed by atoms with E-state index in [4.69, 9.17) is 10.2 Å². The van der Waals surface area contributed by atoms with Crippen LogP contribution in [0.3, 0.4) is 0 Å². The number of hydrogen-bond acceptors (Lipinski definition) is 6. The van der Waals surface area contributed by atoms with E-state index in [0.29, 0.717) is 16.7 Å². The predicted octanol–water partition coefficient (Wildman–Crippen LogP) is 9.44. The van der Waals surface area contributed by atoms with Gasteiger partial charge in [-0.25, -0.2) is 9.59 Å². The smallest absolute Gasteiger partial charge is 0.335 e. The Labute approximate surface area is 275 Å². The van der Waals surface area contributed by atoms with Crippen LogP contribution in [0, 0.1) is 27.7 Å². The zero-order valence-corrected chi connectivity index (χ0v) is 29.6. The number of phenols is 2. The number of carbonyl (C=O) groups is 2. The lowest BCUT2D eigenvalue weighted by molar-refractivity contribution is 0.0681. The molecule has 1 atom stereocenters. The minimum atomic E-state index is -1.06. The van der Waals surface area contributed by atoms with Gasteiger partial charge in [0.15, 0.2) is 0 Å². The molecule has 242 valence electrons. The van der Waals surface area contributed by atoms with Crippen LogP contribution in [0.2, 0.25) is 0 Å². The Balaban J connectivity index is 0.000000385. The fourth-order valence-corrected chi connectivity index (χ4v) is 8.19. The summed E-state index contributed by atoms with van der Waals surface area (Å²) in [6, 6.07) is 9.36. The molecule has 0 saturated heterocycles. The molecule has 0 aromatic heterocycles. The fourth-order valence-electron chi connectivity index (χ4n) is 5.51. The normalized spacial score (nSPS) is 14.9. The van der Waals surface area contributed by atoms with Crippen LogP contribution in [0.5, 0.6) is 11.5 Å². The average Bonchev–Trinajstić information content (AvgIpc) is 3.38. The fraction of sp³-hybridized carbons (Fsp3) is 0.405. The number of carboxylic acids is 2. The molecule has 3 aromatic rings. The number of hydrogen-bond donors (Lipinski definition) is 4. The predicted molar refractivity (Wildman–Crippen MR) is 187 cm³/mol. The van der Waals surface area contributed by atoms with Gasteiger partial charge in [0.2, 0.25) is 0 Å². The van der Waals surface area contributed by atoms with Crippen LogP contribution in [0.4, 0.5) is 0 Å². The van der Waals surface area contributed by atoms with Crippen LogP contribution >= 0.6 is 21.6 Å². The van der Waals surface area contributed by atoms with Gasteiger partial charge in [0.05, 0.1) is 11.1 Å². The highest BCUT2D eigenvalue weighted by Gasteiger charge is 2.28. The van der Waals surface area contributed by atoms with Crippen molar-refractivity contribution in [1.82, 2.24) is 0 Å². The molecule has 45 heavy (non-hydrogen) atoms. The molecule has 0 spiro atoms. The molecule has 1 heterocycles. The Kier molecular flexibility index (Phi) is 11.2. The maximum absolute atomic E-state index is 11.0. The zero-order valence-electron chi connectivity index (χ0n) is 28.0. The zero-order chi connectivity index (χ0) is 34.0. The van der Waals surface area contributed by atoms with Crippen molar-refractivity contribution in [2.24, 2.45) is 0 Å². The van der Waals surface area contributed by atoms with Crippen molar-refractivity contribution in [3.05, 3.63) is 103 Å². The van der Waals surface area contributed by atoms with Crippen molar-refractivity contribution in [3.63, 3.8) is 0 Å². The third-order valence-corrected chi connectivity index (χ3v) is 10.9. The van der Waals surface area contributed by atoms with Gasteiger partial charge in [-0.2, -0.15) is 0 Å². The van der Waals surface area contributed by atoms with Gasteiger partial charge in [0.25, 0.3) is 0 Å². The van der Waals surface area contributed by atoms with E-state index in [1.54, 1.807) is 10.8 Å². The molecule has 1 aliphatic heterocycles. The number of aromatic carboxylic acids is 2. The van der Waals surface area contributed by atoms with Crippen molar-refractivity contribution in [2.75, 3.05) is 0 Å². The minimum Gasteiger partial charge on any atom is -0.507 e. The van der Waals surface area contributed by atoms with Gasteiger partial charge in [0.1, 0.15) is 11.5 Å². The molecule has 1 aliphatic rings. The van der Waals surface area contributed by atoms with E-state index in [1.165, 1.54) is 52.1 Å². The Hall–Kier alpha value is -3.36. The molecule has 1 unspecified atom stereocenters. The summed E-state index contributed by atoms with van der Waals surface area (Å²) in [4.78, 5) is 20.7. The Morgan fingerprint density at radius 2 is 1.11 bits per heavy atom. The van der Waals surface area contributed by atoms with Crippen molar-refractivity contribution in [3.8, 4) is 11.5 Å². The van der Waals surface area contributed by atoms with Crippen molar-refractivity contribution >= 4 is 33.5 Å². The SMILES string of the molecule is Cc1cc(C(C)(C)C)c(O)c(C)c1CC1=CSSC1Cc1c(C)cc(C(C)(C)C)c(O)c1C.O=C(O)c1ccc(C(=O)O)cc1. The van der Waals surface area contributed by atoms with E-state index in [1.807, 2.05) is 10.8 Å². The maximum atomic E-state index is 11.0. The molecule has 4 N–H and O–H groups in total. The lowest BCUT2D eigenvalue weighted by atomic mass is 9.81. The average molecular weight is 651 g/mol. The summed E-state index contributed by atoms with van der Waals surface area (Å²) >= 11 is 0. The number of aromatic hydroxyl groups is 2. The third-order valence-electron chi connectivity index (χ3n) is 8.35. The molecule has 3 aromatic carbocycles. The highest BCUT2D eigenvalue weighted by molar-refractivity contribution is 8.78. The summed E-state index contributed by atoms with van der Waals surface area (Å²) in [5.41, 5.74) is 10.4. The van der Waals surface area contributed by atoms with Crippen molar-refractivity contribution in [1.29, 1.82) is 0 Å². The Bertz CT molecular complexity index is 1590. The topological polar surface area (TPSA) is 115 Å². The second-order valence-corrected chi connectivity index (χ2v) is 16.2. The summed E-state index contributed by atoms with van der Waals surface area (Å²) in [7, 11) is 3.71. The largest absolute Gasteiger partial charge is 0.507 e. The highest BCUT2D eigenvalue weighted by Crippen LogP contribution is 2.46. The van der Waals surface area contributed by atoms with Crippen LogP contribution in [-0.4, -0.2) is 37.6 Å². The Morgan fingerprint density at radius 1 is 0.711 bits per heavy atom. The molecule has 0 fully saturated rings. The van der Waals surface area contributed by atoms with Crippen molar-refractivity contribution < 1.29 is 30.0 Å². The highest BCUT2D eigenvalue weighted by atomic mass is 33.1. The molecule has 0 saturated carbocycles. The molecule has 6 nitrogen and oxygen atoms in total. The molecule has 4 rings (SSSR count). The number of phenolic OH excluding ortho intramolecular Hbond substituents is 2. The molecule has 0 bridgehead atoms. The summed E-state index contributed by atoms with van der Waals surface area (Å²) in [5.74, 6) is -1.24. The number of rotatable bonds is 6. The van der Waals surface area contributed by atoms with Crippen LogP contribution in [0.1, 0.15) is 107 Å². The van der Waals surface area contributed by atoms with E-state index < -0.39 is 11.9 Å².